The minimum atomic E-state index is -4.06. The van der Waals surface area contributed by atoms with Gasteiger partial charge < -0.3 is 15.4 Å². The lowest BCUT2D eigenvalue weighted by Gasteiger charge is -2.33. The number of amidine groups is 1. The molecule has 5 N–H and O–H groups in total. The molecule has 0 aromatic heterocycles. The van der Waals surface area contributed by atoms with Crippen molar-refractivity contribution < 1.29 is 13.2 Å². The fraction of sp³-hybridized carbons (Fsp3) is 0.409. The van der Waals surface area contributed by atoms with Crippen LogP contribution in [0.15, 0.2) is 40.3 Å². The minimum Gasteiger partial charge on any atom is -0.384 e. The maximum Gasteiger partial charge on any atom is 0.267 e. The number of benzene rings is 2. The van der Waals surface area contributed by atoms with Gasteiger partial charge in [-0.2, -0.15) is 0 Å². The molecule has 178 valence electrons. The molecule has 11 heteroatoms. The lowest BCUT2D eigenvalue weighted by Crippen LogP contribution is -2.48. The van der Waals surface area contributed by atoms with E-state index in [9.17, 15) is 8.42 Å². The highest BCUT2D eigenvalue weighted by atomic mass is 35.5. The Morgan fingerprint density at radius 1 is 1.18 bits per heavy atom. The molecule has 0 spiro atoms. The highest BCUT2D eigenvalue weighted by Gasteiger charge is 2.47. The Kier molecular flexibility index (Phi) is 6.45. The first-order chi connectivity index (χ1) is 15.7. The summed E-state index contributed by atoms with van der Waals surface area (Å²) in [4.78, 5) is 2.14. The molecular weight excluding hydrogens is 464 g/mol. The number of anilines is 2. The number of morpholine rings is 1. The fourth-order valence-corrected chi connectivity index (χ4v) is 6.84. The lowest BCUT2D eigenvalue weighted by molar-refractivity contribution is 0.122. The maximum atomic E-state index is 14.3. The summed E-state index contributed by atoms with van der Waals surface area (Å²) in [5.74, 6) is 5.24. The number of hydrogen-bond acceptors (Lipinski definition) is 7. The van der Waals surface area contributed by atoms with Gasteiger partial charge in [0.25, 0.3) is 10.0 Å². The summed E-state index contributed by atoms with van der Waals surface area (Å²) in [5, 5.41) is 4.40. The number of nitrogens with one attached hydrogen (secondary N) is 1. The number of halogens is 1. The van der Waals surface area contributed by atoms with Crippen LogP contribution in [-0.4, -0.2) is 46.6 Å². The van der Waals surface area contributed by atoms with Gasteiger partial charge in [0.05, 0.1) is 24.6 Å². The molecule has 1 fully saturated rings. The van der Waals surface area contributed by atoms with Gasteiger partial charge in [-0.15, -0.1) is 5.10 Å². The molecule has 2 atom stereocenters. The van der Waals surface area contributed by atoms with E-state index in [0.717, 1.165) is 16.7 Å². The third kappa shape index (κ3) is 4.01. The summed E-state index contributed by atoms with van der Waals surface area (Å²) in [6.45, 7) is 8.11. The van der Waals surface area contributed by atoms with Crippen LogP contribution in [0.1, 0.15) is 29.5 Å². The summed E-state index contributed by atoms with van der Waals surface area (Å²) in [6.07, 6.45) is 0. The smallest absolute Gasteiger partial charge is 0.267 e. The number of rotatable bonds is 5. The molecule has 0 amide bonds. The van der Waals surface area contributed by atoms with E-state index in [1.54, 1.807) is 18.2 Å². The zero-order valence-corrected chi connectivity index (χ0v) is 20.4. The molecule has 4 rings (SSSR count). The van der Waals surface area contributed by atoms with Gasteiger partial charge in [-0.3, -0.25) is 4.31 Å². The van der Waals surface area contributed by atoms with Gasteiger partial charge >= 0.3 is 0 Å². The second-order valence-corrected chi connectivity index (χ2v) is 10.6. The SMILES string of the molecule is Cc1ccc2c(c1C)C(C)C(/C(N)=N/NN)N2S(=O)(=O)c1ccc(Cl)cc1N1CCOCC1. The molecule has 0 radical (unpaired) electrons. The Balaban J connectivity index is 1.93. The highest BCUT2D eigenvalue weighted by Crippen LogP contribution is 2.47. The van der Waals surface area contributed by atoms with Crippen LogP contribution >= 0.6 is 11.6 Å². The number of hydrogen-bond donors (Lipinski definition) is 3. The number of nitrogens with zero attached hydrogens (tertiary/aromatic N) is 3. The van der Waals surface area contributed by atoms with Crippen LogP contribution in [0.3, 0.4) is 0 Å². The molecule has 2 aromatic rings. The molecule has 2 unspecified atom stereocenters. The van der Waals surface area contributed by atoms with Gasteiger partial charge in [-0.05, 0) is 54.8 Å². The monoisotopic (exact) mass is 492 g/mol. The summed E-state index contributed by atoms with van der Waals surface area (Å²) in [6, 6.07) is 7.85. The zero-order valence-electron chi connectivity index (χ0n) is 18.9. The van der Waals surface area contributed by atoms with Crippen LogP contribution in [0, 0.1) is 13.8 Å². The first kappa shape index (κ1) is 23.6. The molecule has 1 saturated heterocycles. The normalized spacial score (nSPS) is 21.3. The van der Waals surface area contributed by atoms with E-state index in [2.05, 4.69) is 10.6 Å². The first-order valence-electron chi connectivity index (χ1n) is 10.7. The molecule has 2 aliphatic heterocycles. The molecular formula is C22H29ClN6O3S. The quantitative estimate of drug-likeness (QED) is 0.253. The summed E-state index contributed by atoms with van der Waals surface area (Å²) >= 11 is 6.28. The highest BCUT2D eigenvalue weighted by molar-refractivity contribution is 7.93. The zero-order chi connectivity index (χ0) is 23.9. The Bertz CT molecular complexity index is 1200. The number of aryl methyl sites for hydroxylation is 1. The van der Waals surface area contributed by atoms with Gasteiger partial charge in [-0.1, -0.05) is 24.6 Å². The Hall–Kier alpha value is -2.53. The van der Waals surface area contributed by atoms with Gasteiger partial charge in [0.15, 0.2) is 0 Å². The van der Waals surface area contributed by atoms with Crippen LogP contribution in [0.25, 0.3) is 0 Å². The summed E-state index contributed by atoms with van der Waals surface area (Å²) in [5.41, 5.74) is 12.6. The fourth-order valence-electron chi connectivity index (χ4n) is 4.76. The Morgan fingerprint density at radius 3 is 2.55 bits per heavy atom. The van der Waals surface area contributed by atoms with Gasteiger partial charge in [0, 0.05) is 24.0 Å². The molecule has 2 heterocycles. The molecule has 33 heavy (non-hydrogen) atoms. The predicted octanol–water partition coefficient (Wildman–Crippen LogP) is 2.21. The van der Waals surface area contributed by atoms with Gasteiger partial charge in [0.2, 0.25) is 0 Å². The van der Waals surface area contributed by atoms with E-state index in [1.165, 1.54) is 4.31 Å². The molecule has 9 nitrogen and oxygen atoms in total. The van der Waals surface area contributed by atoms with Gasteiger partial charge in [-0.25, -0.2) is 19.8 Å². The van der Waals surface area contributed by atoms with Crippen LogP contribution in [0.4, 0.5) is 11.4 Å². The van der Waals surface area contributed by atoms with Crippen molar-refractivity contribution in [3.8, 4) is 0 Å². The van der Waals surface area contributed by atoms with E-state index in [-0.39, 0.29) is 16.6 Å². The summed E-state index contributed by atoms with van der Waals surface area (Å²) < 4.78 is 35.4. The van der Waals surface area contributed by atoms with Crippen LogP contribution in [0.5, 0.6) is 0 Å². The minimum absolute atomic E-state index is 0.0868. The molecule has 2 aromatic carbocycles. The number of fused-ring (bicyclic) bond motifs is 1. The topological polar surface area (TPSA) is 126 Å². The molecule has 2 aliphatic rings. The van der Waals surface area contributed by atoms with Crippen molar-refractivity contribution in [2.24, 2.45) is 16.7 Å². The average Bonchev–Trinajstić information content (AvgIpc) is 3.10. The van der Waals surface area contributed by atoms with E-state index in [1.807, 2.05) is 37.8 Å². The largest absolute Gasteiger partial charge is 0.384 e. The second-order valence-electron chi connectivity index (χ2n) is 8.35. The van der Waals surface area contributed by atoms with Crippen molar-refractivity contribution in [3.05, 3.63) is 52.0 Å². The first-order valence-corrected chi connectivity index (χ1v) is 12.6. The number of sulfonamides is 1. The number of nitrogens with two attached hydrogens (primary N) is 2. The lowest BCUT2D eigenvalue weighted by atomic mass is 9.91. The Morgan fingerprint density at radius 2 is 1.88 bits per heavy atom. The number of hydrazine groups is 1. The average molecular weight is 493 g/mol. The summed E-state index contributed by atoms with van der Waals surface area (Å²) in [7, 11) is -4.06. The van der Waals surface area contributed by atoms with Crippen molar-refractivity contribution in [3.63, 3.8) is 0 Å². The van der Waals surface area contributed by atoms with Crippen LogP contribution in [-0.2, 0) is 14.8 Å². The van der Waals surface area contributed by atoms with E-state index >= 15 is 0 Å². The van der Waals surface area contributed by atoms with Crippen molar-refractivity contribution in [1.29, 1.82) is 0 Å². The maximum absolute atomic E-state index is 14.3. The van der Waals surface area contributed by atoms with E-state index in [0.29, 0.717) is 42.7 Å². The number of ether oxygens (including phenoxy) is 1. The van der Waals surface area contributed by atoms with Crippen LogP contribution < -0.4 is 26.3 Å². The number of hydrazone groups is 1. The van der Waals surface area contributed by atoms with E-state index in [4.69, 9.17) is 27.9 Å². The van der Waals surface area contributed by atoms with E-state index < -0.39 is 16.1 Å². The standard InChI is InChI=1S/C22H29ClN6O3S/c1-13-4-6-17-20(14(13)2)15(3)21(22(24)26-27-25)29(17)33(30,31)19-7-5-16(23)12-18(19)28-8-10-32-11-9-28/h4-7,12,15,21,27H,8-11,25H2,1-3H3,(H2,24,26). The van der Waals surface area contributed by atoms with Gasteiger partial charge in [0.1, 0.15) is 16.8 Å². The molecule has 0 aliphatic carbocycles. The molecule has 0 saturated carbocycles. The molecule has 0 bridgehead atoms. The Labute approximate surface area is 199 Å². The second kappa shape index (κ2) is 9.02. The predicted molar refractivity (Wildman–Crippen MR) is 131 cm³/mol. The van der Waals surface area contributed by atoms with Crippen molar-refractivity contribution in [1.82, 2.24) is 5.53 Å². The van der Waals surface area contributed by atoms with Crippen molar-refractivity contribution in [2.75, 3.05) is 35.5 Å². The third-order valence-electron chi connectivity index (χ3n) is 6.49. The van der Waals surface area contributed by atoms with Crippen molar-refractivity contribution in [2.45, 2.75) is 37.6 Å². The van der Waals surface area contributed by atoms with Crippen molar-refractivity contribution >= 4 is 38.8 Å². The third-order valence-corrected chi connectivity index (χ3v) is 8.57. The van der Waals surface area contributed by atoms with Crippen LogP contribution in [0.2, 0.25) is 5.02 Å².